The quantitative estimate of drug-likeness (QED) is 0.426. The molecule has 39 heavy (non-hydrogen) atoms. The number of nitrogens with one attached hydrogen (secondary N) is 1. The number of hydrogen-bond donors (Lipinski definition) is 2. The maximum absolute atomic E-state index is 15.7. The van der Waals surface area contributed by atoms with E-state index in [-0.39, 0.29) is 23.1 Å². The highest BCUT2D eigenvalue weighted by Crippen LogP contribution is 2.38. The fraction of sp³-hybridized carbons (Fsp3) is 0.571. The maximum atomic E-state index is 15.7. The molecular weight excluding hydrogens is 519 g/mol. The summed E-state index contributed by atoms with van der Waals surface area (Å²) in [6, 6.07) is 4.52. The summed E-state index contributed by atoms with van der Waals surface area (Å²) in [7, 11) is -1.83. The SMILES string of the molecule is CCC[C@H](C)Nc1ncc2c(-c3ccc(S(=O)(=O)N4CCN(C)CC4)cc3F)cn(C3CCC(O)CC3)c2n1. The van der Waals surface area contributed by atoms with E-state index in [9.17, 15) is 13.5 Å². The van der Waals surface area contributed by atoms with Crippen molar-refractivity contribution >= 4 is 27.0 Å². The van der Waals surface area contributed by atoms with Crippen LogP contribution in [0, 0.1) is 5.82 Å². The van der Waals surface area contributed by atoms with Gasteiger partial charge in [0.1, 0.15) is 11.5 Å². The number of benzene rings is 1. The Hall–Kier alpha value is -2.60. The Morgan fingerprint density at radius 1 is 1.13 bits per heavy atom. The van der Waals surface area contributed by atoms with E-state index in [1.54, 1.807) is 12.3 Å². The van der Waals surface area contributed by atoms with Crippen LogP contribution in [0.1, 0.15) is 58.4 Å². The van der Waals surface area contributed by atoms with E-state index >= 15 is 4.39 Å². The van der Waals surface area contributed by atoms with Gasteiger partial charge in [0.15, 0.2) is 0 Å². The second kappa shape index (κ2) is 11.5. The predicted molar refractivity (Wildman–Crippen MR) is 151 cm³/mol. The highest BCUT2D eigenvalue weighted by Gasteiger charge is 2.29. The first-order valence-electron chi connectivity index (χ1n) is 14.0. The van der Waals surface area contributed by atoms with Crippen molar-refractivity contribution in [2.24, 2.45) is 0 Å². The average Bonchev–Trinajstić information content (AvgIpc) is 3.28. The van der Waals surface area contributed by atoms with Crippen LogP contribution >= 0.6 is 0 Å². The topological polar surface area (TPSA) is 104 Å². The zero-order valence-corrected chi connectivity index (χ0v) is 23.8. The van der Waals surface area contributed by atoms with Gasteiger partial charge in [-0.1, -0.05) is 19.4 Å². The van der Waals surface area contributed by atoms with Gasteiger partial charge in [-0.15, -0.1) is 0 Å². The molecule has 2 aromatic heterocycles. The van der Waals surface area contributed by atoms with Crippen LogP contribution < -0.4 is 5.32 Å². The number of sulfonamides is 1. The third-order valence-electron chi connectivity index (χ3n) is 8.06. The van der Waals surface area contributed by atoms with Gasteiger partial charge in [0.2, 0.25) is 16.0 Å². The molecule has 1 atom stereocenters. The van der Waals surface area contributed by atoms with Crippen LogP contribution in [0.25, 0.3) is 22.2 Å². The van der Waals surface area contributed by atoms with Gasteiger partial charge in [0, 0.05) is 67.2 Å². The molecule has 1 aromatic carbocycles. The van der Waals surface area contributed by atoms with Crippen molar-refractivity contribution in [1.82, 2.24) is 23.7 Å². The number of likely N-dealkylation sites (N-methyl/N-ethyl adjacent to an activating group) is 1. The molecule has 1 aliphatic carbocycles. The van der Waals surface area contributed by atoms with Gasteiger partial charge in [-0.2, -0.15) is 9.29 Å². The van der Waals surface area contributed by atoms with E-state index in [1.165, 1.54) is 10.4 Å². The summed E-state index contributed by atoms with van der Waals surface area (Å²) in [5.74, 6) is -0.0682. The molecule has 1 saturated heterocycles. The first-order chi connectivity index (χ1) is 18.7. The van der Waals surface area contributed by atoms with Gasteiger partial charge < -0.3 is 19.9 Å². The number of aliphatic hydroxyl groups is 1. The number of anilines is 1. The molecule has 3 heterocycles. The van der Waals surface area contributed by atoms with Crippen LogP contribution in [0.15, 0.2) is 35.5 Å². The van der Waals surface area contributed by atoms with E-state index in [1.807, 2.05) is 13.2 Å². The fourth-order valence-electron chi connectivity index (χ4n) is 5.71. The van der Waals surface area contributed by atoms with Gasteiger partial charge in [-0.05, 0) is 58.2 Å². The number of fused-ring (bicyclic) bond motifs is 1. The molecule has 212 valence electrons. The summed E-state index contributed by atoms with van der Waals surface area (Å²) in [4.78, 5) is 11.4. The van der Waals surface area contributed by atoms with Gasteiger partial charge in [-0.25, -0.2) is 17.8 Å². The highest BCUT2D eigenvalue weighted by molar-refractivity contribution is 7.89. The fourth-order valence-corrected chi connectivity index (χ4v) is 7.14. The van der Waals surface area contributed by atoms with Crippen molar-refractivity contribution in [1.29, 1.82) is 0 Å². The Bertz CT molecular complexity index is 1410. The second-order valence-electron chi connectivity index (χ2n) is 11.0. The molecule has 1 aliphatic heterocycles. The third-order valence-corrected chi connectivity index (χ3v) is 9.95. The van der Waals surface area contributed by atoms with E-state index in [2.05, 4.69) is 33.6 Å². The van der Waals surface area contributed by atoms with E-state index < -0.39 is 15.8 Å². The number of aliphatic hydroxyl groups excluding tert-OH is 1. The van der Waals surface area contributed by atoms with E-state index in [4.69, 9.17) is 4.98 Å². The molecule has 0 unspecified atom stereocenters. The lowest BCUT2D eigenvalue weighted by atomic mass is 9.93. The van der Waals surface area contributed by atoms with Crippen molar-refractivity contribution in [3.63, 3.8) is 0 Å². The Kier molecular flexibility index (Phi) is 8.23. The largest absolute Gasteiger partial charge is 0.393 e. The Labute approximate surface area is 230 Å². The molecule has 5 rings (SSSR count). The summed E-state index contributed by atoms with van der Waals surface area (Å²) in [5, 5.41) is 14.1. The normalized spacial score (nSPS) is 22.3. The van der Waals surface area contributed by atoms with Crippen molar-refractivity contribution < 1.29 is 17.9 Å². The predicted octanol–water partition coefficient (Wildman–Crippen LogP) is 4.25. The summed E-state index contributed by atoms with van der Waals surface area (Å²) in [5.41, 5.74) is 1.65. The Morgan fingerprint density at radius 3 is 2.51 bits per heavy atom. The Morgan fingerprint density at radius 2 is 1.85 bits per heavy atom. The molecule has 3 aromatic rings. The number of aromatic nitrogens is 3. The summed E-state index contributed by atoms with van der Waals surface area (Å²) in [6.07, 6.45) is 8.38. The zero-order valence-electron chi connectivity index (χ0n) is 23.0. The number of piperazine rings is 1. The summed E-state index contributed by atoms with van der Waals surface area (Å²) >= 11 is 0. The van der Waals surface area contributed by atoms with Crippen LogP contribution in [0.3, 0.4) is 0 Å². The van der Waals surface area contributed by atoms with Gasteiger partial charge in [-0.3, -0.25) is 0 Å². The number of rotatable bonds is 8. The van der Waals surface area contributed by atoms with Gasteiger partial charge in [0.05, 0.1) is 11.0 Å². The monoisotopic (exact) mass is 558 g/mol. The molecule has 2 aliphatic rings. The molecule has 2 N–H and O–H groups in total. The van der Waals surface area contributed by atoms with Crippen molar-refractivity contribution in [3.8, 4) is 11.1 Å². The van der Waals surface area contributed by atoms with Crippen molar-refractivity contribution in [3.05, 3.63) is 36.4 Å². The molecule has 9 nitrogen and oxygen atoms in total. The first kappa shape index (κ1) is 27.9. The summed E-state index contributed by atoms with van der Waals surface area (Å²) < 4.78 is 45.6. The molecule has 0 radical (unpaired) electrons. The van der Waals surface area contributed by atoms with Gasteiger partial charge >= 0.3 is 0 Å². The van der Waals surface area contributed by atoms with Crippen LogP contribution in [0.2, 0.25) is 0 Å². The maximum Gasteiger partial charge on any atom is 0.243 e. The van der Waals surface area contributed by atoms with Crippen molar-refractivity contribution in [2.75, 3.05) is 38.5 Å². The van der Waals surface area contributed by atoms with Crippen molar-refractivity contribution in [2.45, 2.75) is 75.5 Å². The minimum Gasteiger partial charge on any atom is -0.393 e. The molecule has 0 bridgehead atoms. The molecular formula is C28H39FN6O3S. The lowest BCUT2D eigenvalue weighted by Gasteiger charge is -2.31. The van der Waals surface area contributed by atoms with Crippen LogP contribution in [-0.2, 0) is 10.0 Å². The lowest BCUT2D eigenvalue weighted by Crippen LogP contribution is -2.47. The van der Waals surface area contributed by atoms with Crippen LogP contribution in [0.4, 0.5) is 10.3 Å². The molecule has 1 saturated carbocycles. The molecule has 0 amide bonds. The second-order valence-corrected chi connectivity index (χ2v) is 13.0. The number of halogens is 1. The number of hydrogen-bond acceptors (Lipinski definition) is 7. The molecule has 11 heteroatoms. The lowest BCUT2D eigenvalue weighted by molar-refractivity contribution is 0.111. The van der Waals surface area contributed by atoms with Gasteiger partial charge in [0.25, 0.3) is 0 Å². The third kappa shape index (κ3) is 5.82. The van der Waals surface area contributed by atoms with E-state index in [0.717, 1.165) is 31.7 Å². The van der Waals surface area contributed by atoms with Crippen LogP contribution in [0.5, 0.6) is 0 Å². The van der Waals surface area contributed by atoms with E-state index in [0.29, 0.717) is 67.1 Å². The Balaban J connectivity index is 1.52. The minimum absolute atomic E-state index is 0.0362. The smallest absolute Gasteiger partial charge is 0.243 e. The minimum atomic E-state index is -3.78. The average molecular weight is 559 g/mol. The standard InChI is InChI=1S/C28H39FN6O3S/c1-4-5-19(2)31-28-30-17-24-25(18-35(27(24)32-28)20-6-8-21(36)9-7-20)23-11-10-22(16-26(23)29)39(37,38)34-14-12-33(3)13-15-34/h10-11,16-21,36H,4-9,12-15H2,1-3H3,(H,30,31,32)/t19-,20?,21?/m0/s1. The molecule has 0 spiro atoms. The first-order valence-corrected chi connectivity index (χ1v) is 15.4. The zero-order chi connectivity index (χ0) is 27.7. The van der Waals surface area contributed by atoms with Crippen LogP contribution in [-0.4, -0.2) is 82.6 Å². The summed E-state index contributed by atoms with van der Waals surface area (Å²) in [6.45, 7) is 6.29. The highest BCUT2D eigenvalue weighted by atomic mass is 32.2. The molecule has 2 fully saturated rings. The number of nitrogens with zero attached hydrogens (tertiary/aromatic N) is 5.